The number of ether oxygens (including phenoxy) is 3. The van der Waals surface area contributed by atoms with Gasteiger partial charge >= 0.3 is 0 Å². The Morgan fingerprint density at radius 2 is 1.53 bits per heavy atom. The Balaban J connectivity index is 1.62. The average molecular weight is 515 g/mol. The number of rotatable bonds is 7. The van der Waals surface area contributed by atoms with E-state index in [1.165, 1.54) is 6.42 Å². The Morgan fingerprint density at radius 1 is 0.842 bits per heavy atom. The van der Waals surface area contributed by atoms with E-state index in [0.717, 1.165) is 42.6 Å². The first-order valence-corrected chi connectivity index (χ1v) is 13.1. The molecule has 2 unspecified atom stereocenters. The van der Waals surface area contributed by atoms with Crippen molar-refractivity contribution in [3.05, 3.63) is 83.4 Å². The first kappa shape index (κ1) is 25.6. The Kier molecular flexibility index (Phi) is 7.54. The zero-order valence-electron chi connectivity index (χ0n) is 22.1. The van der Waals surface area contributed by atoms with E-state index in [4.69, 9.17) is 14.2 Å². The van der Waals surface area contributed by atoms with Crippen molar-refractivity contribution in [3.8, 4) is 17.2 Å². The highest BCUT2D eigenvalue weighted by molar-refractivity contribution is 6.05. The lowest BCUT2D eigenvalue weighted by Crippen LogP contribution is -2.51. The van der Waals surface area contributed by atoms with Gasteiger partial charge in [0.2, 0.25) is 5.91 Å². The molecule has 38 heavy (non-hydrogen) atoms. The summed E-state index contributed by atoms with van der Waals surface area (Å²) in [5.74, 6) is 1.03. The van der Waals surface area contributed by atoms with Gasteiger partial charge in [0.1, 0.15) is 17.2 Å². The fourth-order valence-electron chi connectivity index (χ4n) is 5.86. The summed E-state index contributed by atoms with van der Waals surface area (Å²) in [6.45, 7) is 0. The molecular formula is C31H34N2O5. The van der Waals surface area contributed by atoms with Gasteiger partial charge < -0.3 is 24.4 Å². The Bertz CT molecular complexity index is 1300. The molecule has 3 aromatic carbocycles. The maximum atomic E-state index is 14.2. The molecule has 0 radical (unpaired) electrons. The van der Waals surface area contributed by atoms with Crippen LogP contribution in [0, 0.1) is 0 Å². The summed E-state index contributed by atoms with van der Waals surface area (Å²) < 4.78 is 16.3. The van der Waals surface area contributed by atoms with Gasteiger partial charge in [-0.05, 0) is 54.3 Å². The van der Waals surface area contributed by atoms with Gasteiger partial charge in [-0.2, -0.15) is 0 Å². The van der Waals surface area contributed by atoms with Crippen molar-refractivity contribution in [1.29, 1.82) is 0 Å². The number of nitrogens with zero attached hydrogens (tertiary/aromatic N) is 1. The van der Waals surface area contributed by atoms with Crippen LogP contribution in [0.5, 0.6) is 17.2 Å². The molecule has 0 saturated heterocycles. The van der Waals surface area contributed by atoms with E-state index >= 15 is 0 Å². The van der Waals surface area contributed by atoms with Crippen molar-refractivity contribution in [3.63, 3.8) is 0 Å². The number of hydrogen-bond acceptors (Lipinski definition) is 5. The Hall–Kier alpha value is -4.00. The SMILES string of the molecule is COc1ccc(C2C(C(=O)Nc3ccc(OC)cc3OC)c3ccccc3C(=O)N2C2CCCCC2)cc1. The molecule has 0 aromatic heterocycles. The van der Waals surface area contributed by atoms with Crippen LogP contribution >= 0.6 is 0 Å². The first-order chi connectivity index (χ1) is 18.5. The third-order valence-corrected chi connectivity index (χ3v) is 7.75. The minimum Gasteiger partial charge on any atom is -0.497 e. The second-order valence-electron chi connectivity index (χ2n) is 9.84. The predicted molar refractivity (Wildman–Crippen MR) is 146 cm³/mol. The van der Waals surface area contributed by atoms with Gasteiger partial charge in [-0.25, -0.2) is 0 Å². The van der Waals surface area contributed by atoms with E-state index in [9.17, 15) is 9.59 Å². The van der Waals surface area contributed by atoms with Crippen LogP contribution in [0.2, 0.25) is 0 Å². The molecule has 1 saturated carbocycles. The topological polar surface area (TPSA) is 77.1 Å². The van der Waals surface area contributed by atoms with Crippen LogP contribution in [-0.4, -0.2) is 44.1 Å². The van der Waals surface area contributed by atoms with E-state index < -0.39 is 12.0 Å². The molecule has 0 spiro atoms. The maximum absolute atomic E-state index is 14.2. The third-order valence-electron chi connectivity index (χ3n) is 7.75. The number of benzene rings is 3. The van der Waals surface area contributed by atoms with Crippen LogP contribution in [0.15, 0.2) is 66.7 Å². The zero-order chi connectivity index (χ0) is 26.6. The number of nitrogens with one attached hydrogen (secondary N) is 1. The summed E-state index contributed by atoms with van der Waals surface area (Å²) in [5, 5.41) is 3.10. The molecule has 3 aromatic rings. The minimum absolute atomic E-state index is 0.0144. The van der Waals surface area contributed by atoms with Crippen molar-refractivity contribution in [2.75, 3.05) is 26.6 Å². The highest BCUT2D eigenvalue weighted by atomic mass is 16.5. The standard InChI is InChI=1S/C31H34N2O5/c1-36-22-15-13-20(14-16-22)29-28(30(34)32-26-18-17-23(37-2)19-27(26)38-3)24-11-7-8-12-25(24)31(35)33(29)21-9-5-4-6-10-21/h7-8,11-19,21,28-29H,4-6,9-10H2,1-3H3,(H,32,34). The maximum Gasteiger partial charge on any atom is 0.254 e. The number of hydrogen-bond donors (Lipinski definition) is 1. The van der Waals surface area contributed by atoms with Gasteiger partial charge in [-0.15, -0.1) is 0 Å². The molecule has 1 N–H and O–H groups in total. The number of fused-ring (bicyclic) bond motifs is 1. The van der Waals surface area contributed by atoms with Crippen LogP contribution in [0.4, 0.5) is 5.69 Å². The highest BCUT2D eigenvalue weighted by Crippen LogP contribution is 2.46. The molecule has 1 aliphatic heterocycles. The van der Waals surface area contributed by atoms with E-state index in [2.05, 4.69) is 5.32 Å². The van der Waals surface area contributed by atoms with E-state index in [0.29, 0.717) is 22.7 Å². The van der Waals surface area contributed by atoms with Crippen molar-refractivity contribution in [2.24, 2.45) is 0 Å². The van der Waals surface area contributed by atoms with Crippen molar-refractivity contribution in [1.82, 2.24) is 4.90 Å². The molecular weight excluding hydrogens is 480 g/mol. The fraction of sp³-hybridized carbons (Fsp3) is 0.355. The monoisotopic (exact) mass is 514 g/mol. The second-order valence-corrected chi connectivity index (χ2v) is 9.84. The number of carbonyl (C=O) groups is 2. The van der Waals surface area contributed by atoms with Gasteiger partial charge in [0.15, 0.2) is 0 Å². The molecule has 7 nitrogen and oxygen atoms in total. The minimum atomic E-state index is -0.619. The van der Waals surface area contributed by atoms with Crippen molar-refractivity contribution >= 4 is 17.5 Å². The summed E-state index contributed by atoms with van der Waals surface area (Å²) in [4.78, 5) is 30.3. The summed E-state index contributed by atoms with van der Waals surface area (Å²) in [7, 11) is 4.77. The Labute approximate surface area is 223 Å². The lowest BCUT2D eigenvalue weighted by molar-refractivity contribution is -0.119. The van der Waals surface area contributed by atoms with Crippen LogP contribution in [0.25, 0.3) is 0 Å². The highest BCUT2D eigenvalue weighted by Gasteiger charge is 2.46. The van der Waals surface area contributed by atoms with Crippen molar-refractivity contribution < 1.29 is 23.8 Å². The van der Waals surface area contributed by atoms with E-state index in [1.807, 2.05) is 53.4 Å². The molecule has 5 rings (SSSR count). The number of methoxy groups -OCH3 is 3. The van der Waals surface area contributed by atoms with E-state index in [1.54, 1.807) is 39.5 Å². The number of carbonyl (C=O) groups excluding carboxylic acids is 2. The van der Waals surface area contributed by atoms with E-state index in [-0.39, 0.29) is 17.9 Å². The summed E-state index contributed by atoms with van der Waals surface area (Å²) in [5.41, 5.74) is 2.77. The van der Waals surface area contributed by atoms with Gasteiger partial charge in [0, 0.05) is 17.7 Å². The van der Waals surface area contributed by atoms with Gasteiger partial charge in [-0.3, -0.25) is 9.59 Å². The Morgan fingerprint density at radius 3 is 2.21 bits per heavy atom. The lowest BCUT2D eigenvalue weighted by atomic mass is 9.77. The third kappa shape index (κ3) is 4.80. The molecule has 2 amide bonds. The zero-order valence-corrected chi connectivity index (χ0v) is 22.1. The predicted octanol–water partition coefficient (Wildman–Crippen LogP) is 5.96. The van der Waals surface area contributed by atoms with Crippen LogP contribution in [0.3, 0.4) is 0 Å². The van der Waals surface area contributed by atoms with Gasteiger partial charge in [-0.1, -0.05) is 49.6 Å². The molecule has 1 aliphatic carbocycles. The van der Waals surface area contributed by atoms with Crippen LogP contribution in [-0.2, 0) is 4.79 Å². The smallest absolute Gasteiger partial charge is 0.254 e. The summed E-state index contributed by atoms with van der Waals surface area (Å²) in [6, 6.07) is 20.1. The molecule has 198 valence electrons. The second kappa shape index (κ2) is 11.2. The van der Waals surface area contributed by atoms with Gasteiger partial charge in [0.05, 0.1) is 39.0 Å². The number of amides is 2. The first-order valence-electron chi connectivity index (χ1n) is 13.1. The lowest BCUT2D eigenvalue weighted by Gasteiger charge is -2.46. The molecule has 7 heteroatoms. The molecule has 1 heterocycles. The average Bonchev–Trinajstić information content (AvgIpc) is 2.97. The summed E-state index contributed by atoms with van der Waals surface area (Å²) in [6.07, 6.45) is 5.18. The number of anilines is 1. The fourth-order valence-corrected chi connectivity index (χ4v) is 5.86. The van der Waals surface area contributed by atoms with Crippen molar-refractivity contribution in [2.45, 2.75) is 50.1 Å². The van der Waals surface area contributed by atoms with Crippen LogP contribution < -0.4 is 19.5 Å². The molecule has 1 fully saturated rings. The quantitative estimate of drug-likeness (QED) is 0.421. The largest absolute Gasteiger partial charge is 0.497 e. The molecule has 2 atom stereocenters. The summed E-state index contributed by atoms with van der Waals surface area (Å²) >= 11 is 0. The normalized spacial score (nSPS) is 19.4. The van der Waals surface area contributed by atoms with Crippen LogP contribution in [0.1, 0.15) is 65.5 Å². The molecule has 0 bridgehead atoms. The molecule has 2 aliphatic rings. The van der Waals surface area contributed by atoms with Gasteiger partial charge in [0.25, 0.3) is 5.91 Å².